The lowest BCUT2D eigenvalue weighted by molar-refractivity contribution is -0.125. The highest BCUT2D eigenvalue weighted by Crippen LogP contribution is 2.35. The number of fused-ring (bicyclic) bond motifs is 1. The summed E-state index contributed by atoms with van der Waals surface area (Å²) < 4.78 is 11.1. The molecule has 0 unspecified atom stereocenters. The van der Waals surface area contributed by atoms with E-state index in [4.69, 9.17) is 9.47 Å². The average molecular weight is 343 g/mol. The number of carbonyl (C=O) groups excluding carboxylic acids is 1. The molecule has 6 heteroatoms. The monoisotopic (exact) mass is 342 g/mol. The highest BCUT2D eigenvalue weighted by molar-refractivity contribution is 5.87. The Labute approximate surface area is 144 Å². The molecule has 0 bridgehead atoms. The van der Waals surface area contributed by atoms with Crippen LogP contribution in [0.25, 0.3) is 0 Å². The molecule has 2 N–H and O–H groups in total. The third kappa shape index (κ3) is 5.01. The van der Waals surface area contributed by atoms with Crippen LogP contribution in [0.2, 0.25) is 0 Å². The van der Waals surface area contributed by atoms with E-state index in [9.17, 15) is 4.79 Å². The van der Waals surface area contributed by atoms with Crippen LogP contribution in [-0.4, -0.2) is 38.8 Å². The number of hydrogen-bond acceptors (Lipinski definition) is 4. The van der Waals surface area contributed by atoms with Crippen molar-refractivity contribution in [3.05, 3.63) is 23.8 Å². The van der Waals surface area contributed by atoms with Gasteiger partial charge in [-0.15, -0.1) is 12.4 Å². The molecule has 0 spiro atoms. The van der Waals surface area contributed by atoms with Crippen molar-refractivity contribution < 1.29 is 14.3 Å². The van der Waals surface area contributed by atoms with E-state index in [0.29, 0.717) is 25.5 Å². The molecule has 1 aliphatic heterocycles. The maximum Gasteiger partial charge on any atom is 0.230 e. The maximum absolute atomic E-state index is 12.5. The van der Waals surface area contributed by atoms with E-state index in [1.54, 1.807) is 0 Å². The van der Waals surface area contributed by atoms with Crippen molar-refractivity contribution in [3.63, 3.8) is 0 Å². The van der Waals surface area contributed by atoms with Gasteiger partial charge in [0.05, 0.1) is 5.41 Å². The van der Waals surface area contributed by atoms with E-state index in [1.165, 1.54) is 0 Å². The van der Waals surface area contributed by atoms with Crippen LogP contribution in [0.1, 0.15) is 32.8 Å². The molecule has 1 heterocycles. The van der Waals surface area contributed by atoms with Gasteiger partial charge in [-0.25, -0.2) is 0 Å². The van der Waals surface area contributed by atoms with E-state index in [2.05, 4.69) is 17.6 Å². The summed E-state index contributed by atoms with van der Waals surface area (Å²) in [5, 5.41) is 6.26. The fraction of sp³-hybridized carbons (Fsp3) is 0.588. The quantitative estimate of drug-likeness (QED) is 0.746. The van der Waals surface area contributed by atoms with E-state index >= 15 is 0 Å². The number of nitrogens with one attached hydrogen (secondary N) is 2. The topological polar surface area (TPSA) is 59.6 Å². The molecule has 0 aromatic heterocycles. The minimum Gasteiger partial charge on any atom is -0.486 e. The van der Waals surface area contributed by atoms with E-state index < -0.39 is 5.41 Å². The number of amides is 1. The fourth-order valence-corrected chi connectivity index (χ4v) is 2.35. The Hall–Kier alpha value is -1.46. The first-order valence-corrected chi connectivity index (χ1v) is 7.95. The van der Waals surface area contributed by atoms with Gasteiger partial charge in [-0.3, -0.25) is 4.79 Å². The first kappa shape index (κ1) is 19.6. The van der Waals surface area contributed by atoms with Crippen molar-refractivity contribution in [2.45, 2.75) is 32.6 Å². The summed E-state index contributed by atoms with van der Waals surface area (Å²) in [6, 6.07) is 5.72. The van der Waals surface area contributed by atoms with Crippen LogP contribution in [0, 0.1) is 0 Å². The standard InChI is InChI=1S/C17H26N2O3.ClH/c1-4-7-18-8-9-19-16(20)17(2,3)13-5-6-14-15(12-13)22-11-10-21-14;/h5-6,12,18H,4,7-11H2,1-3H3,(H,19,20);1H. The van der Waals surface area contributed by atoms with Crippen molar-refractivity contribution in [1.82, 2.24) is 10.6 Å². The molecule has 1 aliphatic rings. The summed E-state index contributed by atoms with van der Waals surface area (Å²) in [7, 11) is 0. The van der Waals surface area contributed by atoms with Gasteiger partial charge in [0, 0.05) is 13.1 Å². The molecule has 0 atom stereocenters. The molecule has 1 amide bonds. The average Bonchev–Trinajstić information content (AvgIpc) is 2.54. The zero-order valence-electron chi connectivity index (χ0n) is 14.1. The molecule has 0 fully saturated rings. The third-order valence-corrected chi connectivity index (χ3v) is 3.85. The minimum atomic E-state index is -0.611. The molecular formula is C17H27ClN2O3. The zero-order chi connectivity index (χ0) is 16.0. The van der Waals surface area contributed by atoms with Crippen LogP contribution < -0.4 is 20.1 Å². The normalized spacial score (nSPS) is 13.2. The Morgan fingerprint density at radius 3 is 2.52 bits per heavy atom. The zero-order valence-corrected chi connectivity index (χ0v) is 14.9. The summed E-state index contributed by atoms with van der Waals surface area (Å²) in [4.78, 5) is 12.5. The molecule has 23 heavy (non-hydrogen) atoms. The fourth-order valence-electron chi connectivity index (χ4n) is 2.35. The number of hydrogen-bond donors (Lipinski definition) is 2. The Bertz CT molecular complexity index is 521. The lowest BCUT2D eigenvalue weighted by Gasteiger charge is -2.26. The van der Waals surface area contributed by atoms with Crippen molar-refractivity contribution >= 4 is 18.3 Å². The van der Waals surface area contributed by atoms with Crippen LogP contribution in [0.3, 0.4) is 0 Å². The van der Waals surface area contributed by atoms with E-state index in [-0.39, 0.29) is 18.3 Å². The lowest BCUT2D eigenvalue weighted by atomic mass is 9.83. The lowest BCUT2D eigenvalue weighted by Crippen LogP contribution is -2.42. The number of ether oxygens (including phenoxy) is 2. The van der Waals surface area contributed by atoms with Gasteiger partial charge in [0.1, 0.15) is 13.2 Å². The van der Waals surface area contributed by atoms with Crippen LogP contribution >= 0.6 is 12.4 Å². The summed E-state index contributed by atoms with van der Waals surface area (Å²) in [6.45, 7) is 9.48. The molecule has 5 nitrogen and oxygen atoms in total. The number of carbonyl (C=O) groups is 1. The largest absolute Gasteiger partial charge is 0.486 e. The molecule has 0 radical (unpaired) electrons. The summed E-state index contributed by atoms with van der Waals surface area (Å²) in [5.74, 6) is 1.48. The van der Waals surface area contributed by atoms with Crippen LogP contribution in [-0.2, 0) is 10.2 Å². The molecule has 0 aliphatic carbocycles. The summed E-state index contributed by atoms with van der Waals surface area (Å²) in [5.41, 5.74) is 0.316. The Kier molecular flexibility index (Phi) is 7.65. The predicted octanol–water partition coefficient (Wildman–Crippen LogP) is 2.27. The Balaban J connectivity index is 0.00000264. The van der Waals surface area contributed by atoms with Crippen molar-refractivity contribution in [2.24, 2.45) is 0 Å². The second kappa shape index (κ2) is 8.99. The number of benzene rings is 1. The molecule has 1 aromatic carbocycles. The highest BCUT2D eigenvalue weighted by Gasteiger charge is 2.30. The van der Waals surface area contributed by atoms with Crippen LogP contribution in [0.5, 0.6) is 11.5 Å². The maximum atomic E-state index is 12.5. The minimum absolute atomic E-state index is 0. The smallest absolute Gasteiger partial charge is 0.230 e. The molecule has 2 rings (SSSR count). The van der Waals surface area contributed by atoms with E-state index in [0.717, 1.165) is 30.8 Å². The first-order valence-electron chi connectivity index (χ1n) is 7.95. The predicted molar refractivity (Wildman–Crippen MR) is 93.9 cm³/mol. The van der Waals surface area contributed by atoms with Gasteiger partial charge in [-0.2, -0.15) is 0 Å². The molecular weight excluding hydrogens is 316 g/mol. The molecule has 1 aromatic rings. The SMILES string of the molecule is CCCNCCNC(=O)C(C)(C)c1ccc2c(c1)OCCO2.Cl. The Morgan fingerprint density at radius 1 is 1.13 bits per heavy atom. The van der Waals surface area contributed by atoms with Gasteiger partial charge in [0.25, 0.3) is 0 Å². The number of rotatable bonds is 7. The summed E-state index contributed by atoms with van der Waals surface area (Å²) in [6.07, 6.45) is 1.09. The van der Waals surface area contributed by atoms with Gasteiger partial charge in [0.2, 0.25) is 5.91 Å². The van der Waals surface area contributed by atoms with Gasteiger partial charge in [0.15, 0.2) is 11.5 Å². The second-order valence-electron chi connectivity index (χ2n) is 5.99. The molecule has 130 valence electrons. The Morgan fingerprint density at radius 2 is 1.83 bits per heavy atom. The first-order chi connectivity index (χ1) is 10.6. The van der Waals surface area contributed by atoms with Crippen molar-refractivity contribution in [3.8, 4) is 11.5 Å². The summed E-state index contributed by atoms with van der Waals surface area (Å²) >= 11 is 0. The van der Waals surface area contributed by atoms with Crippen molar-refractivity contribution in [2.75, 3.05) is 32.8 Å². The van der Waals surface area contributed by atoms with E-state index in [1.807, 2.05) is 32.0 Å². The van der Waals surface area contributed by atoms with Gasteiger partial charge >= 0.3 is 0 Å². The van der Waals surface area contributed by atoms with Crippen molar-refractivity contribution in [1.29, 1.82) is 0 Å². The molecule has 0 saturated carbocycles. The van der Waals surface area contributed by atoms with Gasteiger partial charge < -0.3 is 20.1 Å². The van der Waals surface area contributed by atoms with Gasteiger partial charge in [-0.1, -0.05) is 13.0 Å². The second-order valence-corrected chi connectivity index (χ2v) is 5.99. The third-order valence-electron chi connectivity index (χ3n) is 3.85. The van der Waals surface area contributed by atoms with Crippen LogP contribution in [0.4, 0.5) is 0 Å². The highest BCUT2D eigenvalue weighted by atomic mass is 35.5. The van der Waals surface area contributed by atoms with Gasteiger partial charge in [-0.05, 0) is 44.5 Å². The van der Waals surface area contributed by atoms with Crippen LogP contribution in [0.15, 0.2) is 18.2 Å². The molecule has 0 saturated heterocycles. The number of halogens is 1.